The van der Waals surface area contributed by atoms with Crippen LogP contribution >= 0.6 is 27.3 Å². The summed E-state index contributed by atoms with van der Waals surface area (Å²) in [6.45, 7) is 4.00. The van der Waals surface area contributed by atoms with E-state index in [0.717, 1.165) is 29.5 Å². The average molecular weight is 365 g/mol. The smallest absolute Gasteiger partial charge is 0.306 e. The van der Waals surface area contributed by atoms with Crippen LogP contribution in [0.3, 0.4) is 0 Å². The van der Waals surface area contributed by atoms with Crippen LogP contribution < -0.4 is 11.5 Å². The number of thiophene rings is 1. The number of halogens is 1. The number of hydrogen-bond donors (Lipinski definition) is 3. The second-order valence-electron chi connectivity index (χ2n) is 4.28. The van der Waals surface area contributed by atoms with Gasteiger partial charge in [-0.25, -0.2) is 0 Å². The molecule has 1 amide bonds. The minimum absolute atomic E-state index is 0.111. The van der Waals surface area contributed by atoms with Crippen LogP contribution in [0.4, 0.5) is 5.69 Å². The van der Waals surface area contributed by atoms with Gasteiger partial charge in [-0.3, -0.25) is 9.59 Å². The standard InChI is InChI=1S/C8H16O2.C5H5BrN2OS/c1-3-5-6-7(4-2)8(9)10;6-3-1-2(7)4(10-3)5(8)9/h7H,3-6H2,1-2H3,(H,9,10);1H,7H2,(H2,8,9). The summed E-state index contributed by atoms with van der Waals surface area (Å²) >= 11 is 4.42. The Balaban J connectivity index is 0.000000361. The number of rotatable bonds is 6. The van der Waals surface area contributed by atoms with E-state index in [0.29, 0.717) is 10.6 Å². The lowest BCUT2D eigenvalue weighted by Crippen LogP contribution is -2.11. The number of carbonyl (C=O) groups excluding carboxylic acids is 1. The molecule has 20 heavy (non-hydrogen) atoms. The number of anilines is 1. The van der Waals surface area contributed by atoms with Crippen LogP contribution in [0.2, 0.25) is 0 Å². The van der Waals surface area contributed by atoms with Crippen molar-refractivity contribution < 1.29 is 14.7 Å². The predicted molar refractivity (Wildman–Crippen MR) is 85.9 cm³/mol. The molecule has 1 aromatic heterocycles. The first-order valence-electron chi connectivity index (χ1n) is 6.40. The summed E-state index contributed by atoms with van der Waals surface area (Å²) in [6, 6.07) is 1.66. The number of amides is 1. The molecule has 1 unspecified atom stereocenters. The molecule has 5 nitrogen and oxygen atoms in total. The number of hydrogen-bond acceptors (Lipinski definition) is 4. The molecule has 7 heteroatoms. The number of nitrogen functional groups attached to an aromatic ring is 1. The molecule has 0 bridgehead atoms. The lowest BCUT2D eigenvalue weighted by Gasteiger charge is -2.06. The van der Waals surface area contributed by atoms with Crippen molar-refractivity contribution in [1.82, 2.24) is 0 Å². The van der Waals surface area contributed by atoms with E-state index in [9.17, 15) is 9.59 Å². The Morgan fingerprint density at radius 1 is 1.45 bits per heavy atom. The molecule has 0 radical (unpaired) electrons. The van der Waals surface area contributed by atoms with Gasteiger partial charge in [0.15, 0.2) is 0 Å². The Labute approximate surface area is 131 Å². The fraction of sp³-hybridized carbons (Fsp3) is 0.538. The van der Waals surface area contributed by atoms with Gasteiger partial charge in [0, 0.05) is 0 Å². The maximum absolute atomic E-state index is 10.6. The van der Waals surface area contributed by atoms with E-state index < -0.39 is 11.9 Å². The molecule has 114 valence electrons. The molecule has 1 aromatic rings. The van der Waals surface area contributed by atoms with Gasteiger partial charge in [0.05, 0.1) is 15.4 Å². The van der Waals surface area contributed by atoms with Gasteiger partial charge >= 0.3 is 5.97 Å². The molecule has 0 aromatic carbocycles. The monoisotopic (exact) mass is 364 g/mol. The fourth-order valence-corrected chi connectivity index (χ4v) is 2.91. The Kier molecular flexibility index (Phi) is 9.24. The molecule has 5 N–H and O–H groups in total. The largest absolute Gasteiger partial charge is 0.481 e. The number of carboxylic acid groups (broad SMARTS) is 1. The van der Waals surface area contributed by atoms with Crippen molar-refractivity contribution in [2.24, 2.45) is 11.7 Å². The normalized spacial score (nSPS) is 11.3. The van der Waals surface area contributed by atoms with Gasteiger partial charge in [0.1, 0.15) is 4.88 Å². The van der Waals surface area contributed by atoms with E-state index in [1.165, 1.54) is 11.3 Å². The molecular formula is C13H21BrN2O3S. The van der Waals surface area contributed by atoms with Gasteiger partial charge in [-0.15, -0.1) is 11.3 Å². The number of nitrogens with two attached hydrogens (primary N) is 2. The van der Waals surface area contributed by atoms with Crippen LogP contribution in [0.5, 0.6) is 0 Å². The Hall–Kier alpha value is -1.08. The van der Waals surface area contributed by atoms with Crippen molar-refractivity contribution in [2.75, 3.05) is 5.73 Å². The Morgan fingerprint density at radius 3 is 2.30 bits per heavy atom. The summed E-state index contributed by atoms with van der Waals surface area (Å²) in [5.74, 6) is -1.23. The summed E-state index contributed by atoms with van der Waals surface area (Å²) < 4.78 is 0.818. The maximum atomic E-state index is 10.6. The van der Waals surface area contributed by atoms with E-state index in [1.807, 2.05) is 6.92 Å². The third-order valence-electron chi connectivity index (χ3n) is 2.70. The zero-order chi connectivity index (χ0) is 15.7. The first-order valence-corrected chi connectivity index (χ1v) is 8.01. The van der Waals surface area contributed by atoms with E-state index >= 15 is 0 Å². The van der Waals surface area contributed by atoms with Crippen LogP contribution in [-0.2, 0) is 4.79 Å². The van der Waals surface area contributed by atoms with Crippen molar-refractivity contribution in [3.63, 3.8) is 0 Å². The molecule has 0 aliphatic heterocycles. The van der Waals surface area contributed by atoms with Gasteiger partial charge in [0.2, 0.25) is 0 Å². The second-order valence-corrected chi connectivity index (χ2v) is 6.72. The molecule has 1 heterocycles. The SMILES string of the molecule is CCCCC(CC)C(=O)O.NC(=O)c1sc(Br)cc1N. The first-order chi connectivity index (χ1) is 9.33. The minimum atomic E-state index is -0.643. The fourth-order valence-electron chi connectivity index (χ4n) is 1.52. The highest BCUT2D eigenvalue weighted by Gasteiger charge is 2.12. The third-order valence-corrected chi connectivity index (χ3v) is 4.37. The second kappa shape index (κ2) is 9.77. The third kappa shape index (κ3) is 6.91. The number of carboxylic acids is 1. The molecule has 1 atom stereocenters. The van der Waals surface area contributed by atoms with Crippen molar-refractivity contribution in [1.29, 1.82) is 0 Å². The number of aliphatic carboxylic acids is 1. The van der Waals surface area contributed by atoms with E-state index in [2.05, 4.69) is 22.9 Å². The van der Waals surface area contributed by atoms with Crippen LogP contribution in [0.25, 0.3) is 0 Å². The van der Waals surface area contributed by atoms with Crippen molar-refractivity contribution >= 4 is 44.8 Å². The molecule has 0 spiro atoms. The topological polar surface area (TPSA) is 106 Å². The molecule has 0 aliphatic carbocycles. The first kappa shape index (κ1) is 18.9. The van der Waals surface area contributed by atoms with Gasteiger partial charge in [0.25, 0.3) is 5.91 Å². The van der Waals surface area contributed by atoms with Gasteiger partial charge < -0.3 is 16.6 Å². The summed E-state index contributed by atoms with van der Waals surface area (Å²) in [7, 11) is 0. The van der Waals surface area contributed by atoms with Gasteiger partial charge in [-0.1, -0.05) is 26.7 Å². The van der Waals surface area contributed by atoms with Crippen molar-refractivity contribution in [3.05, 3.63) is 14.7 Å². The minimum Gasteiger partial charge on any atom is -0.481 e. The van der Waals surface area contributed by atoms with Crippen LogP contribution in [0, 0.1) is 5.92 Å². The van der Waals surface area contributed by atoms with E-state index in [4.69, 9.17) is 16.6 Å². The molecule has 0 saturated carbocycles. The van der Waals surface area contributed by atoms with Gasteiger partial charge in [-0.2, -0.15) is 0 Å². The molecule has 0 fully saturated rings. The molecular weight excluding hydrogens is 344 g/mol. The van der Waals surface area contributed by atoms with E-state index in [1.54, 1.807) is 6.07 Å². The Bertz CT molecular complexity index is 449. The average Bonchev–Trinajstić information content (AvgIpc) is 2.70. The molecule has 1 rings (SSSR count). The van der Waals surface area contributed by atoms with Crippen LogP contribution in [-0.4, -0.2) is 17.0 Å². The molecule has 0 aliphatic rings. The summed E-state index contributed by atoms with van der Waals surface area (Å²) in [4.78, 5) is 21.4. The van der Waals surface area contributed by atoms with Crippen LogP contribution in [0.1, 0.15) is 49.2 Å². The highest BCUT2D eigenvalue weighted by Crippen LogP contribution is 2.28. The lowest BCUT2D eigenvalue weighted by molar-refractivity contribution is -0.142. The lowest BCUT2D eigenvalue weighted by atomic mass is 10.00. The quantitative estimate of drug-likeness (QED) is 0.717. The zero-order valence-corrected chi connectivity index (χ0v) is 14.1. The zero-order valence-electron chi connectivity index (χ0n) is 11.7. The summed E-state index contributed by atoms with van der Waals surface area (Å²) in [6.07, 6.45) is 3.71. The number of unbranched alkanes of at least 4 members (excludes halogenated alkanes) is 1. The summed E-state index contributed by atoms with van der Waals surface area (Å²) in [5.41, 5.74) is 10.9. The highest BCUT2D eigenvalue weighted by atomic mass is 79.9. The van der Waals surface area contributed by atoms with Crippen LogP contribution in [0.15, 0.2) is 9.85 Å². The number of carbonyl (C=O) groups is 2. The highest BCUT2D eigenvalue weighted by molar-refractivity contribution is 9.11. The van der Waals surface area contributed by atoms with Crippen molar-refractivity contribution in [3.8, 4) is 0 Å². The predicted octanol–water partition coefficient (Wildman–Crippen LogP) is 3.48. The number of primary amides is 1. The molecule has 0 saturated heterocycles. The van der Waals surface area contributed by atoms with Gasteiger partial charge in [-0.05, 0) is 34.8 Å². The van der Waals surface area contributed by atoms with E-state index in [-0.39, 0.29) is 5.92 Å². The van der Waals surface area contributed by atoms with Crippen molar-refractivity contribution in [2.45, 2.75) is 39.5 Å². The maximum Gasteiger partial charge on any atom is 0.306 e. The Morgan fingerprint density at radius 2 is 2.05 bits per heavy atom. The summed E-state index contributed by atoms with van der Waals surface area (Å²) in [5, 5.41) is 8.60.